The van der Waals surface area contributed by atoms with Crippen LogP contribution >= 0.6 is 0 Å². The van der Waals surface area contributed by atoms with E-state index in [9.17, 15) is 4.79 Å². The van der Waals surface area contributed by atoms with E-state index >= 15 is 0 Å². The van der Waals surface area contributed by atoms with Crippen LogP contribution in [0.4, 0.5) is 0 Å². The van der Waals surface area contributed by atoms with Gasteiger partial charge in [-0.2, -0.15) is 0 Å². The Morgan fingerprint density at radius 2 is 2.25 bits per heavy atom. The quantitative estimate of drug-likeness (QED) is 0.399. The maximum atomic E-state index is 11.4. The van der Waals surface area contributed by atoms with Gasteiger partial charge in [0.15, 0.2) is 0 Å². The number of allylic oxidation sites excluding steroid dienone is 1. The van der Waals surface area contributed by atoms with Gasteiger partial charge in [-0.15, -0.1) is 0 Å². The maximum Gasteiger partial charge on any atom is 0.310 e. The van der Waals surface area contributed by atoms with Gasteiger partial charge in [0.2, 0.25) is 0 Å². The largest absolute Gasteiger partial charge is 0.461 e. The fraction of sp³-hybridized carbons (Fsp3) is 0.700. The number of hydrogen-bond acceptors (Lipinski definition) is 2. The van der Waals surface area contributed by atoms with Gasteiger partial charge < -0.3 is 4.74 Å². The van der Waals surface area contributed by atoms with Crippen LogP contribution in [-0.2, 0) is 9.53 Å². The predicted molar refractivity (Wildman–Crippen MR) is 43.3 cm³/mol. The zero-order valence-electron chi connectivity index (χ0n) is 7.28. The third-order valence-corrected chi connectivity index (χ3v) is 3.86. The second kappa shape index (κ2) is 1.61. The van der Waals surface area contributed by atoms with Crippen molar-refractivity contribution in [1.82, 2.24) is 0 Å². The van der Waals surface area contributed by atoms with E-state index in [0.717, 1.165) is 0 Å². The third kappa shape index (κ3) is 0.473. The van der Waals surface area contributed by atoms with E-state index in [1.807, 2.05) is 0 Å². The van der Waals surface area contributed by atoms with Crippen molar-refractivity contribution in [3.8, 4) is 0 Å². The van der Waals surface area contributed by atoms with E-state index in [0.29, 0.717) is 11.8 Å². The molecule has 0 radical (unpaired) electrons. The third-order valence-electron chi connectivity index (χ3n) is 3.86. The first kappa shape index (κ1) is 6.70. The van der Waals surface area contributed by atoms with Gasteiger partial charge in [0.1, 0.15) is 6.10 Å². The second-order valence-electron chi connectivity index (χ2n) is 4.47. The van der Waals surface area contributed by atoms with Crippen LogP contribution in [0.1, 0.15) is 13.8 Å². The number of rotatable bonds is 0. The molecular weight excluding hydrogens is 152 g/mol. The first-order valence-electron chi connectivity index (χ1n) is 4.54. The number of fused-ring (bicyclic) bond motifs is 1. The molecule has 1 saturated heterocycles. The van der Waals surface area contributed by atoms with E-state index in [1.165, 1.54) is 0 Å². The first-order valence-corrected chi connectivity index (χ1v) is 4.54. The molecule has 1 aliphatic heterocycles. The van der Waals surface area contributed by atoms with Crippen molar-refractivity contribution in [3.63, 3.8) is 0 Å². The molecule has 2 nitrogen and oxygen atoms in total. The average Bonchev–Trinajstić information content (AvgIpc) is 2.42. The fourth-order valence-corrected chi connectivity index (χ4v) is 3.06. The van der Waals surface area contributed by atoms with Crippen LogP contribution < -0.4 is 0 Å². The van der Waals surface area contributed by atoms with Crippen molar-refractivity contribution in [2.45, 2.75) is 20.0 Å². The molecule has 0 N–H and O–H groups in total. The number of carbonyl (C=O) groups is 1. The van der Waals surface area contributed by atoms with E-state index in [1.54, 1.807) is 0 Å². The Labute approximate surface area is 71.6 Å². The summed E-state index contributed by atoms with van der Waals surface area (Å²) in [7, 11) is 0. The van der Waals surface area contributed by atoms with E-state index in [-0.39, 0.29) is 23.4 Å². The molecule has 0 aromatic heterocycles. The molecule has 1 heterocycles. The van der Waals surface area contributed by atoms with Crippen molar-refractivity contribution >= 4 is 5.97 Å². The summed E-state index contributed by atoms with van der Waals surface area (Å²) < 4.78 is 5.29. The van der Waals surface area contributed by atoms with Gasteiger partial charge in [0.05, 0.1) is 5.92 Å². The van der Waals surface area contributed by atoms with Gasteiger partial charge in [0.25, 0.3) is 0 Å². The minimum Gasteiger partial charge on any atom is -0.461 e. The lowest BCUT2D eigenvalue weighted by Gasteiger charge is -2.24. The molecule has 0 amide bonds. The van der Waals surface area contributed by atoms with Crippen LogP contribution in [-0.4, -0.2) is 12.1 Å². The Balaban J connectivity index is 2.11. The smallest absolute Gasteiger partial charge is 0.310 e. The molecule has 3 rings (SSSR count). The standard InChI is InChI=1S/C10H12O2/c1-5-3-4-6-8-10(6,2)7(5)9(11)12-8/h3-8H,1-2H3/t5-,6+,7-,8-,10-/m0/s1. The first-order chi connectivity index (χ1) is 5.65. The van der Waals surface area contributed by atoms with Crippen molar-refractivity contribution in [2.24, 2.45) is 23.2 Å². The SMILES string of the molecule is C[C@H]1C=C[C@@H]2[C@@H]3OC(=O)[C@H]1[C@]23C. The van der Waals surface area contributed by atoms with Crippen LogP contribution in [0.25, 0.3) is 0 Å². The molecule has 2 fully saturated rings. The summed E-state index contributed by atoms with van der Waals surface area (Å²) in [6.45, 7) is 4.28. The highest BCUT2D eigenvalue weighted by Crippen LogP contribution is 2.68. The molecular formula is C10H12O2. The number of ether oxygens (including phenoxy) is 1. The van der Waals surface area contributed by atoms with Gasteiger partial charge in [-0.05, 0) is 5.92 Å². The van der Waals surface area contributed by atoms with E-state index in [2.05, 4.69) is 26.0 Å². The lowest BCUT2D eigenvalue weighted by atomic mass is 9.77. The highest BCUT2D eigenvalue weighted by molar-refractivity contribution is 5.80. The van der Waals surface area contributed by atoms with Crippen LogP contribution in [0, 0.1) is 23.2 Å². The Kier molecular flexibility index (Phi) is 0.897. The summed E-state index contributed by atoms with van der Waals surface area (Å²) in [5, 5.41) is 0. The fourth-order valence-electron chi connectivity index (χ4n) is 3.06. The molecule has 12 heavy (non-hydrogen) atoms. The van der Waals surface area contributed by atoms with E-state index in [4.69, 9.17) is 4.74 Å². The number of hydrogen-bond donors (Lipinski definition) is 0. The van der Waals surface area contributed by atoms with Crippen molar-refractivity contribution in [1.29, 1.82) is 0 Å². The van der Waals surface area contributed by atoms with Gasteiger partial charge >= 0.3 is 5.97 Å². The molecule has 0 aromatic rings. The maximum absolute atomic E-state index is 11.4. The van der Waals surface area contributed by atoms with Gasteiger partial charge in [-0.1, -0.05) is 26.0 Å². The van der Waals surface area contributed by atoms with Gasteiger partial charge in [-0.25, -0.2) is 0 Å². The lowest BCUT2D eigenvalue weighted by molar-refractivity contribution is -0.146. The van der Waals surface area contributed by atoms with E-state index < -0.39 is 0 Å². The van der Waals surface area contributed by atoms with Crippen molar-refractivity contribution in [3.05, 3.63) is 12.2 Å². The zero-order valence-corrected chi connectivity index (χ0v) is 7.28. The summed E-state index contributed by atoms with van der Waals surface area (Å²) in [5.74, 6) is 1.05. The molecule has 64 valence electrons. The minimum absolute atomic E-state index is 0.0237. The monoisotopic (exact) mass is 164 g/mol. The molecule has 3 aliphatic rings. The van der Waals surface area contributed by atoms with Crippen LogP contribution in [0.3, 0.4) is 0 Å². The molecule has 5 atom stereocenters. The van der Waals surface area contributed by atoms with Gasteiger partial charge in [0, 0.05) is 11.3 Å². The molecule has 1 saturated carbocycles. The Morgan fingerprint density at radius 3 is 2.92 bits per heavy atom. The molecule has 0 spiro atoms. The molecule has 0 bridgehead atoms. The van der Waals surface area contributed by atoms with Gasteiger partial charge in [-0.3, -0.25) is 4.79 Å². The summed E-state index contributed by atoms with van der Waals surface area (Å²) in [5.41, 5.74) is 0.158. The van der Waals surface area contributed by atoms with Crippen molar-refractivity contribution in [2.75, 3.05) is 0 Å². The highest BCUT2D eigenvalue weighted by Gasteiger charge is 2.75. The van der Waals surface area contributed by atoms with Crippen molar-refractivity contribution < 1.29 is 9.53 Å². The molecule has 0 aromatic carbocycles. The average molecular weight is 164 g/mol. The lowest BCUT2D eigenvalue weighted by Crippen LogP contribution is -2.29. The molecule has 2 heteroatoms. The van der Waals surface area contributed by atoms with Crippen LogP contribution in [0.15, 0.2) is 12.2 Å². The second-order valence-corrected chi connectivity index (χ2v) is 4.47. The summed E-state index contributed by atoms with van der Waals surface area (Å²) >= 11 is 0. The normalized spacial score (nSPS) is 59.7. The summed E-state index contributed by atoms with van der Waals surface area (Å²) in [6, 6.07) is 0. The van der Waals surface area contributed by atoms with Crippen LogP contribution in [0.2, 0.25) is 0 Å². The predicted octanol–water partition coefficient (Wildman–Crippen LogP) is 1.37. The summed E-state index contributed by atoms with van der Waals surface area (Å²) in [6.07, 6.45) is 4.59. The zero-order chi connectivity index (χ0) is 8.51. The minimum atomic E-state index is 0.0237. The highest BCUT2D eigenvalue weighted by atomic mass is 16.6. The number of esters is 1. The molecule has 2 aliphatic carbocycles. The van der Waals surface area contributed by atoms with Crippen LogP contribution in [0.5, 0.6) is 0 Å². The topological polar surface area (TPSA) is 26.3 Å². The Hall–Kier alpha value is -0.790. The number of carbonyl (C=O) groups excluding carboxylic acids is 1. The summed E-state index contributed by atoms with van der Waals surface area (Å²) in [4.78, 5) is 11.4. The Bertz CT molecular complexity index is 294. The Morgan fingerprint density at radius 1 is 1.50 bits per heavy atom. The molecule has 0 unspecified atom stereocenters.